The maximum absolute atomic E-state index is 13.1. The number of halogens is 3. The van der Waals surface area contributed by atoms with Crippen LogP contribution < -0.4 is 0 Å². The summed E-state index contributed by atoms with van der Waals surface area (Å²) in [6, 6.07) is 0. The van der Waals surface area contributed by atoms with E-state index in [1.165, 1.54) is 0 Å². The minimum atomic E-state index is -4.98. The van der Waals surface area contributed by atoms with Crippen molar-refractivity contribution < 1.29 is 32.6 Å². The third-order valence-corrected chi connectivity index (χ3v) is 13.9. The lowest BCUT2D eigenvalue weighted by atomic mass is 9.32. The molecule has 0 bridgehead atoms. The van der Waals surface area contributed by atoms with Gasteiger partial charge in [-0.2, -0.15) is 13.2 Å². The average Bonchev–Trinajstić information content (AvgIpc) is 3.22. The van der Waals surface area contributed by atoms with Crippen LogP contribution in [0.2, 0.25) is 0 Å². The molecule has 0 radical (unpaired) electrons. The molecule has 5 aliphatic carbocycles. The Bertz CT molecular complexity index is 1070. The second-order valence-electron chi connectivity index (χ2n) is 15.4. The number of hydrogen-bond acceptors (Lipinski definition) is 3. The lowest BCUT2D eigenvalue weighted by Crippen LogP contribution is -2.67. The Hall–Kier alpha value is -1.53. The van der Waals surface area contributed by atoms with Gasteiger partial charge in [-0.1, -0.05) is 46.8 Å². The number of hydrogen-bond donors (Lipinski definition) is 1. The van der Waals surface area contributed by atoms with Crippen molar-refractivity contribution in [1.82, 2.24) is 0 Å². The lowest BCUT2D eigenvalue weighted by Gasteiger charge is -2.72. The highest BCUT2D eigenvalue weighted by Crippen LogP contribution is 2.77. The summed E-state index contributed by atoms with van der Waals surface area (Å²) < 4.78 is 44.3. The summed E-state index contributed by atoms with van der Waals surface area (Å²) in [4.78, 5) is 24.6. The van der Waals surface area contributed by atoms with Crippen molar-refractivity contribution in [2.45, 2.75) is 118 Å². The molecule has 1 N–H and O–H groups in total. The fourth-order valence-electron chi connectivity index (χ4n) is 11.9. The number of allylic oxidation sites excluding steroid dienone is 1. The van der Waals surface area contributed by atoms with Crippen LogP contribution in [0.25, 0.3) is 0 Å². The van der Waals surface area contributed by atoms with Gasteiger partial charge in [-0.3, -0.25) is 4.79 Å². The third kappa shape index (κ3) is 3.75. The van der Waals surface area contributed by atoms with E-state index in [9.17, 15) is 27.9 Å². The molecule has 0 amide bonds. The Morgan fingerprint density at radius 2 is 1.51 bits per heavy atom. The highest BCUT2D eigenvalue weighted by molar-refractivity contribution is 5.76. The van der Waals surface area contributed by atoms with Gasteiger partial charge in [0.1, 0.15) is 6.10 Å². The van der Waals surface area contributed by atoms with Crippen molar-refractivity contribution in [3.8, 4) is 0 Å². The second-order valence-corrected chi connectivity index (χ2v) is 15.4. The van der Waals surface area contributed by atoms with Crippen LogP contribution in [0.1, 0.15) is 106 Å². The van der Waals surface area contributed by atoms with E-state index in [4.69, 9.17) is 4.74 Å². The van der Waals surface area contributed by atoms with Gasteiger partial charge in [-0.05, 0) is 117 Å². The van der Waals surface area contributed by atoms with Crippen LogP contribution in [0.15, 0.2) is 12.2 Å². The van der Waals surface area contributed by atoms with E-state index in [1.54, 1.807) is 0 Å². The van der Waals surface area contributed by atoms with Gasteiger partial charge in [0.25, 0.3) is 0 Å². The zero-order valence-electron chi connectivity index (χ0n) is 24.5. The zero-order valence-corrected chi connectivity index (χ0v) is 24.5. The zero-order chi connectivity index (χ0) is 29.0. The van der Waals surface area contributed by atoms with Crippen LogP contribution >= 0.6 is 0 Å². The standard InChI is InChI=1S/C32H47F3O4/c1-18(2)19-10-15-31(25(36)37)17-16-29(6)20(24(19)31)8-9-22-28(5)13-12-23(39-26(38)32(33,34)35)27(3,4)21(28)11-14-30(22,29)7/h19-24H,1,8-17H2,2-7H3,(H,36,37)/t19-,20+,21-,22+,23-,24+,28-,29+,30+,31-/m0/s1. The Morgan fingerprint density at radius 1 is 0.846 bits per heavy atom. The predicted molar refractivity (Wildman–Crippen MR) is 143 cm³/mol. The maximum Gasteiger partial charge on any atom is 0.490 e. The van der Waals surface area contributed by atoms with Crippen LogP contribution in [0.3, 0.4) is 0 Å². The van der Waals surface area contributed by atoms with E-state index in [-0.39, 0.29) is 34.0 Å². The average molecular weight is 553 g/mol. The van der Waals surface area contributed by atoms with Crippen LogP contribution in [0, 0.1) is 56.7 Å². The minimum absolute atomic E-state index is 0.00467. The van der Waals surface area contributed by atoms with E-state index >= 15 is 0 Å². The molecule has 0 saturated heterocycles. The first-order valence-electron chi connectivity index (χ1n) is 15.0. The lowest BCUT2D eigenvalue weighted by molar-refractivity contribution is -0.256. The van der Waals surface area contributed by atoms with Crippen molar-refractivity contribution in [3.63, 3.8) is 0 Å². The molecule has 220 valence electrons. The van der Waals surface area contributed by atoms with Gasteiger partial charge in [-0.25, -0.2) is 4.79 Å². The maximum atomic E-state index is 13.1. The van der Waals surface area contributed by atoms with Crippen molar-refractivity contribution in [2.24, 2.45) is 56.7 Å². The van der Waals surface area contributed by atoms with Crippen LogP contribution in [-0.4, -0.2) is 29.3 Å². The molecule has 0 unspecified atom stereocenters. The van der Waals surface area contributed by atoms with Gasteiger partial charge in [-0.15, -0.1) is 0 Å². The highest BCUT2D eigenvalue weighted by Gasteiger charge is 2.72. The molecule has 0 aromatic carbocycles. The van der Waals surface area contributed by atoms with Gasteiger partial charge in [0, 0.05) is 5.41 Å². The first-order valence-corrected chi connectivity index (χ1v) is 15.0. The Labute approximate surface area is 231 Å². The molecule has 5 aliphatic rings. The monoisotopic (exact) mass is 552 g/mol. The van der Waals surface area contributed by atoms with Crippen LogP contribution in [0.5, 0.6) is 0 Å². The fourth-order valence-corrected chi connectivity index (χ4v) is 11.9. The third-order valence-electron chi connectivity index (χ3n) is 13.9. The summed E-state index contributed by atoms with van der Waals surface area (Å²) in [5.74, 6) is -1.48. The molecule has 5 rings (SSSR count). The highest BCUT2D eigenvalue weighted by atomic mass is 19.4. The topological polar surface area (TPSA) is 63.6 Å². The first-order chi connectivity index (χ1) is 17.9. The molecule has 5 fully saturated rings. The second kappa shape index (κ2) is 8.74. The van der Waals surface area contributed by atoms with Gasteiger partial charge < -0.3 is 9.84 Å². The van der Waals surface area contributed by atoms with Crippen molar-refractivity contribution in [3.05, 3.63) is 12.2 Å². The summed E-state index contributed by atoms with van der Waals surface area (Å²) in [7, 11) is 0. The molecular formula is C32H47F3O4. The molecule has 0 heterocycles. The molecule has 7 heteroatoms. The number of carboxylic acids is 1. The van der Waals surface area contributed by atoms with E-state index in [0.29, 0.717) is 24.7 Å². The van der Waals surface area contributed by atoms with Crippen molar-refractivity contribution in [1.29, 1.82) is 0 Å². The van der Waals surface area contributed by atoms with Gasteiger partial charge >= 0.3 is 18.1 Å². The molecule has 0 aromatic rings. The van der Waals surface area contributed by atoms with E-state index in [1.807, 2.05) is 13.8 Å². The SMILES string of the molecule is C=C(C)[C@@H]1CC[C@]2(C(=O)O)CC[C@]3(C)[C@H](CC[C@@H]4[C@@]5(C)CC[C@H](OC(=O)C(F)(F)F)C(C)(C)[C@@H]5CC[C@]43C)[C@@H]12. The van der Waals surface area contributed by atoms with E-state index in [2.05, 4.69) is 34.3 Å². The summed E-state index contributed by atoms with van der Waals surface area (Å²) >= 11 is 0. The van der Waals surface area contributed by atoms with Crippen molar-refractivity contribution in [2.75, 3.05) is 0 Å². The van der Waals surface area contributed by atoms with E-state index < -0.39 is 35.0 Å². The predicted octanol–water partition coefficient (Wildman–Crippen LogP) is 8.20. The number of carbonyl (C=O) groups is 2. The van der Waals surface area contributed by atoms with E-state index in [0.717, 1.165) is 56.9 Å². The summed E-state index contributed by atoms with van der Waals surface area (Å²) in [5, 5.41) is 10.5. The smallest absolute Gasteiger partial charge is 0.481 e. The van der Waals surface area contributed by atoms with Crippen LogP contribution in [0.4, 0.5) is 13.2 Å². The molecular weight excluding hydrogens is 505 g/mol. The fraction of sp³-hybridized carbons (Fsp3) is 0.875. The van der Waals surface area contributed by atoms with Crippen molar-refractivity contribution >= 4 is 11.9 Å². The molecule has 39 heavy (non-hydrogen) atoms. The molecule has 5 saturated carbocycles. The number of fused-ring (bicyclic) bond motifs is 7. The summed E-state index contributed by atoms with van der Waals surface area (Å²) in [6.45, 7) is 17.6. The van der Waals surface area contributed by atoms with Crippen LogP contribution in [-0.2, 0) is 14.3 Å². The number of carboxylic acid groups (broad SMARTS) is 1. The molecule has 4 nitrogen and oxygen atoms in total. The number of carbonyl (C=O) groups excluding carboxylic acids is 1. The molecule has 0 aromatic heterocycles. The first kappa shape index (κ1) is 29.0. The Kier molecular flexibility index (Phi) is 6.49. The number of ether oxygens (including phenoxy) is 1. The molecule has 0 aliphatic heterocycles. The number of rotatable bonds is 3. The number of aliphatic carboxylic acids is 1. The van der Waals surface area contributed by atoms with Gasteiger partial charge in [0.15, 0.2) is 0 Å². The molecule has 10 atom stereocenters. The number of esters is 1. The molecule has 0 spiro atoms. The van der Waals surface area contributed by atoms with Gasteiger partial charge in [0.2, 0.25) is 0 Å². The summed E-state index contributed by atoms with van der Waals surface area (Å²) in [6.07, 6.45) is 2.60. The Morgan fingerprint density at radius 3 is 2.10 bits per heavy atom. The van der Waals surface area contributed by atoms with Gasteiger partial charge in [0.05, 0.1) is 5.41 Å². The normalized spacial score (nSPS) is 48.6. The Balaban J connectivity index is 1.48. The quantitative estimate of drug-likeness (QED) is 0.283. The largest absolute Gasteiger partial charge is 0.490 e. The minimum Gasteiger partial charge on any atom is -0.481 e. The summed E-state index contributed by atoms with van der Waals surface area (Å²) in [5.41, 5.74) is -0.163. The number of alkyl halides is 3.